The number of sulfonamides is 1. The number of nitro groups is 1. The average molecular weight is 406 g/mol. The van der Waals surface area contributed by atoms with Gasteiger partial charge in [-0.25, -0.2) is 13.1 Å². The van der Waals surface area contributed by atoms with E-state index in [1.165, 1.54) is 19.1 Å². The third-order valence-electron chi connectivity index (χ3n) is 3.73. The monoisotopic (exact) mass is 406 g/mol. The lowest BCUT2D eigenvalue weighted by Gasteiger charge is -2.09. The second-order valence-electron chi connectivity index (χ2n) is 5.90. The number of benzene rings is 2. The molecule has 9 nitrogen and oxygen atoms in total. The molecule has 0 unspecified atom stereocenters. The number of ether oxygens (including phenoxy) is 1. The molecule has 0 atom stereocenters. The summed E-state index contributed by atoms with van der Waals surface area (Å²) >= 11 is 0. The number of carbonyl (C=O) groups is 2. The van der Waals surface area contributed by atoms with Gasteiger partial charge >= 0.3 is 5.97 Å². The minimum Gasteiger partial charge on any atom is -0.461 e. The molecule has 1 amide bonds. The van der Waals surface area contributed by atoms with Crippen LogP contribution in [0.25, 0.3) is 0 Å². The number of amides is 1. The number of hydrogen-bond acceptors (Lipinski definition) is 7. The number of aryl methyl sites for hydroxylation is 1. The van der Waals surface area contributed by atoms with Crippen molar-refractivity contribution in [3.8, 4) is 0 Å². The van der Waals surface area contributed by atoms with Crippen LogP contribution >= 0.6 is 0 Å². The highest BCUT2D eigenvalue weighted by molar-refractivity contribution is 7.90. The van der Waals surface area contributed by atoms with Crippen molar-refractivity contribution < 1.29 is 27.7 Å². The van der Waals surface area contributed by atoms with Crippen molar-refractivity contribution in [3.63, 3.8) is 0 Å². The van der Waals surface area contributed by atoms with Crippen LogP contribution in [0.3, 0.4) is 0 Å². The summed E-state index contributed by atoms with van der Waals surface area (Å²) < 4.78 is 30.9. The fourth-order valence-electron chi connectivity index (χ4n) is 2.29. The zero-order valence-corrected chi connectivity index (χ0v) is 15.8. The number of rotatable bonds is 8. The standard InChI is InChI=1S/C18H18N2O7S/c1-13-11-15(20(23)24)7-8-16(13)18(22)19-28(25,26)10-9-17(21)27-12-14-5-3-2-4-6-14/h2-8,11H,9-10,12H2,1H3,(H,19,22). The van der Waals surface area contributed by atoms with Gasteiger partial charge in [-0.05, 0) is 24.1 Å². The van der Waals surface area contributed by atoms with E-state index in [0.717, 1.165) is 11.6 Å². The molecular formula is C18H18N2O7S. The van der Waals surface area contributed by atoms with Gasteiger partial charge in [-0.1, -0.05) is 30.3 Å². The Kier molecular flexibility index (Phi) is 6.83. The van der Waals surface area contributed by atoms with Gasteiger partial charge in [0.25, 0.3) is 11.6 Å². The Labute approximate surface area is 161 Å². The van der Waals surface area contributed by atoms with Crippen LogP contribution in [0.2, 0.25) is 0 Å². The third-order valence-corrected chi connectivity index (χ3v) is 4.97. The van der Waals surface area contributed by atoms with Crippen molar-refractivity contribution in [2.75, 3.05) is 5.75 Å². The van der Waals surface area contributed by atoms with Crippen molar-refractivity contribution in [1.29, 1.82) is 0 Å². The molecule has 2 aromatic rings. The van der Waals surface area contributed by atoms with Crippen LogP contribution in [0.1, 0.15) is 27.9 Å². The lowest BCUT2D eigenvalue weighted by molar-refractivity contribution is -0.384. The first-order valence-corrected chi connectivity index (χ1v) is 9.82. The van der Waals surface area contributed by atoms with Gasteiger partial charge in [0.15, 0.2) is 0 Å². The van der Waals surface area contributed by atoms with Crippen molar-refractivity contribution in [1.82, 2.24) is 4.72 Å². The Morgan fingerprint density at radius 1 is 1.14 bits per heavy atom. The minimum atomic E-state index is -4.08. The Morgan fingerprint density at radius 2 is 1.82 bits per heavy atom. The second-order valence-corrected chi connectivity index (χ2v) is 7.74. The van der Waals surface area contributed by atoms with Crippen LogP contribution in [-0.4, -0.2) is 31.0 Å². The molecule has 0 aromatic heterocycles. The van der Waals surface area contributed by atoms with Gasteiger partial charge in [0.2, 0.25) is 10.0 Å². The van der Waals surface area contributed by atoms with Crippen LogP contribution in [-0.2, 0) is 26.2 Å². The highest BCUT2D eigenvalue weighted by Crippen LogP contribution is 2.17. The van der Waals surface area contributed by atoms with Crippen LogP contribution < -0.4 is 4.72 Å². The van der Waals surface area contributed by atoms with E-state index < -0.39 is 39.0 Å². The Bertz CT molecular complexity index is 988. The number of nitro benzene ring substituents is 1. The minimum absolute atomic E-state index is 0.0131. The maximum absolute atomic E-state index is 12.1. The number of nitrogens with zero attached hydrogens (tertiary/aromatic N) is 1. The van der Waals surface area contributed by atoms with E-state index in [2.05, 4.69) is 0 Å². The van der Waals surface area contributed by atoms with Crippen LogP contribution in [0.15, 0.2) is 48.5 Å². The van der Waals surface area contributed by atoms with Crippen LogP contribution in [0, 0.1) is 17.0 Å². The molecule has 0 heterocycles. The molecule has 28 heavy (non-hydrogen) atoms. The number of esters is 1. The summed E-state index contributed by atoms with van der Waals surface area (Å²) in [5, 5.41) is 10.7. The highest BCUT2D eigenvalue weighted by Gasteiger charge is 2.20. The molecule has 1 N–H and O–H groups in total. The average Bonchev–Trinajstić information content (AvgIpc) is 2.65. The number of hydrogen-bond donors (Lipinski definition) is 1. The van der Waals surface area contributed by atoms with Gasteiger partial charge in [0, 0.05) is 17.7 Å². The lowest BCUT2D eigenvalue weighted by Crippen LogP contribution is -2.33. The molecule has 2 aromatic carbocycles. The van der Waals surface area contributed by atoms with Gasteiger partial charge in [0.05, 0.1) is 17.1 Å². The predicted molar refractivity (Wildman–Crippen MR) is 99.9 cm³/mol. The number of non-ortho nitro benzene ring substituents is 1. The Hall–Kier alpha value is -3.27. The molecule has 0 bridgehead atoms. The summed E-state index contributed by atoms with van der Waals surface area (Å²) in [4.78, 5) is 34.0. The maximum Gasteiger partial charge on any atom is 0.307 e. The highest BCUT2D eigenvalue weighted by atomic mass is 32.2. The zero-order valence-electron chi connectivity index (χ0n) is 15.0. The van der Waals surface area contributed by atoms with E-state index in [-0.39, 0.29) is 23.4 Å². The second kappa shape index (κ2) is 9.09. The van der Waals surface area contributed by atoms with Gasteiger partial charge in [0.1, 0.15) is 6.61 Å². The van der Waals surface area contributed by atoms with E-state index in [4.69, 9.17) is 4.74 Å². The van der Waals surface area contributed by atoms with Gasteiger partial charge in [-0.3, -0.25) is 19.7 Å². The summed E-state index contributed by atoms with van der Waals surface area (Å²) in [6.07, 6.45) is -0.422. The van der Waals surface area contributed by atoms with E-state index in [1.54, 1.807) is 24.3 Å². The smallest absolute Gasteiger partial charge is 0.307 e. The molecule has 0 aliphatic rings. The van der Waals surface area contributed by atoms with Gasteiger partial charge < -0.3 is 4.74 Å². The largest absolute Gasteiger partial charge is 0.461 e. The van der Waals surface area contributed by atoms with E-state index in [9.17, 15) is 28.1 Å². The van der Waals surface area contributed by atoms with Gasteiger partial charge in [-0.15, -0.1) is 0 Å². The lowest BCUT2D eigenvalue weighted by atomic mass is 10.1. The summed E-state index contributed by atoms with van der Waals surface area (Å²) in [5.74, 6) is -2.27. The van der Waals surface area contributed by atoms with E-state index in [1.807, 2.05) is 10.8 Å². The first-order valence-electron chi connectivity index (χ1n) is 8.17. The predicted octanol–water partition coefficient (Wildman–Crippen LogP) is 2.10. The normalized spacial score (nSPS) is 10.9. The Balaban J connectivity index is 1.89. The molecule has 2 rings (SSSR count). The molecule has 0 aliphatic heterocycles. The molecule has 0 aliphatic carbocycles. The van der Waals surface area contributed by atoms with Crippen molar-refractivity contribution >= 4 is 27.6 Å². The summed E-state index contributed by atoms with van der Waals surface area (Å²) in [7, 11) is -4.08. The number of carbonyl (C=O) groups excluding carboxylic acids is 2. The van der Waals surface area contributed by atoms with Crippen molar-refractivity contribution in [3.05, 3.63) is 75.3 Å². The first kappa shape index (κ1) is 21.0. The molecule has 0 spiro atoms. The number of nitrogens with one attached hydrogen (secondary N) is 1. The molecule has 0 radical (unpaired) electrons. The third kappa shape index (κ3) is 6.16. The van der Waals surface area contributed by atoms with Crippen LogP contribution in [0.4, 0.5) is 5.69 Å². The maximum atomic E-state index is 12.1. The first-order chi connectivity index (χ1) is 13.2. The van der Waals surface area contributed by atoms with Crippen molar-refractivity contribution in [2.45, 2.75) is 20.0 Å². The molecule has 148 valence electrons. The summed E-state index contributed by atoms with van der Waals surface area (Å²) in [6, 6.07) is 12.3. The summed E-state index contributed by atoms with van der Waals surface area (Å²) in [6.45, 7) is 1.48. The molecular weight excluding hydrogens is 388 g/mol. The molecule has 0 saturated heterocycles. The fraction of sp³-hybridized carbons (Fsp3) is 0.222. The quantitative estimate of drug-likeness (QED) is 0.403. The SMILES string of the molecule is Cc1cc([N+](=O)[O-])ccc1C(=O)NS(=O)(=O)CCC(=O)OCc1ccccc1. The Morgan fingerprint density at radius 3 is 2.43 bits per heavy atom. The topological polar surface area (TPSA) is 133 Å². The fourth-order valence-corrected chi connectivity index (χ4v) is 3.22. The van der Waals surface area contributed by atoms with Gasteiger partial charge in [-0.2, -0.15) is 0 Å². The van der Waals surface area contributed by atoms with E-state index >= 15 is 0 Å². The molecule has 10 heteroatoms. The van der Waals surface area contributed by atoms with E-state index in [0.29, 0.717) is 0 Å². The van der Waals surface area contributed by atoms with Crippen LogP contribution in [0.5, 0.6) is 0 Å². The zero-order chi connectivity index (χ0) is 20.7. The summed E-state index contributed by atoms with van der Waals surface area (Å²) in [5.41, 5.74) is 0.795. The molecule has 0 saturated carbocycles. The van der Waals surface area contributed by atoms with Crippen molar-refractivity contribution in [2.24, 2.45) is 0 Å². The molecule has 0 fully saturated rings.